The second-order valence-electron chi connectivity index (χ2n) is 4.57. The average Bonchev–Trinajstić information content (AvgIpc) is 2.38. The van der Waals surface area contributed by atoms with Crippen LogP contribution in [0.25, 0.3) is 0 Å². The van der Waals surface area contributed by atoms with E-state index >= 15 is 0 Å². The fraction of sp³-hybridized carbons (Fsp3) is 0.615. The zero-order valence-electron chi connectivity index (χ0n) is 11.8. The monoisotopic (exact) mass is 266 g/mol. The first-order valence-corrected chi connectivity index (χ1v) is 6.50. The number of anilines is 2. The molecule has 0 aromatic carbocycles. The van der Waals surface area contributed by atoms with Crippen molar-refractivity contribution in [2.45, 2.75) is 26.2 Å². The molecule has 1 heterocycles. The Balaban J connectivity index is 2.62. The van der Waals surface area contributed by atoms with Crippen LogP contribution < -0.4 is 9.80 Å². The lowest BCUT2D eigenvalue weighted by atomic mass is 10.3. The minimum absolute atomic E-state index is 0.179. The Bertz CT molecular complexity index is 411. The third-order valence-electron chi connectivity index (χ3n) is 2.86. The Morgan fingerprint density at radius 3 is 2.32 bits per heavy atom. The Labute approximate surface area is 114 Å². The van der Waals surface area contributed by atoms with E-state index in [9.17, 15) is 4.79 Å². The molecule has 6 nitrogen and oxygen atoms in total. The topological polar surface area (TPSA) is 69.6 Å². The molecule has 0 aliphatic rings. The molecule has 1 aromatic rings. The highest BCUT2D eigenvalue weighted by Crippen LogP contribution is 2.16. The molecule has 0 unspecified atom stereocenters. The van der Waals surface area contributed by atoms with E-state index < -0.39 is 5.97 Å². The fourth-order valence-electron chi connectivity index (χ4n) is 1.79. The van der Waals surface area contributed by atoms with Crippen LogP contribution in [0.4, 0.5) is 11.6 Å². The first-order valence-electron chi connectivity index (χ1n) is 6.50. The van der Waals surface area contributed by atoms with E-state index in [0.717, 1.165) is 24.6 Å². The van der Waals surface area contributed by atoms with Crippen LogP contribution in [0, 0.1) is 0 Å². The highest BCUT2D eigenvalue weighted by molar-refractivity contribution is 5.66. The molecule has 1 aromatic heterocycles. The van der Waals surface area contributed by atoms with Gasteiger partial charge in [0, 0.05) is 39.7 Å². The van der Waals surface area contributed by atoms with E-state index in [1.807, 2.05) is 25.1 Å². The van der Waals surface area contributed by atoms with Crippen LogP contribution in [-0.2, 0) is 4.79 Å². The quantitative estimate of drug-likeness (QED) is 0.771. The van der Waals surface area contributed by atoms with Crippen molar-refractivity contribution in [2.24, 2.45) is 0 Å². The Hall–Kier alpha value is -1.85. The van der Waals surface area contributed by atoms with Gasteiger partial charge < -0.3 is 14.9 Å². The zero-order valence-corrected chi connectivity index (χ0v) is 11.8. The number of carboxylic acid groups (broad SMARTS) is 1. The van der Waals surface area contributed by atoms with E-state index in [1.54, 1.807) is 6.33 Å². The van der Waals surface area contributed by atoms with Crippen molar-refractivity contribution in [3.63, 3.8) is 0 Å². The SMILES string of the molecule is CCCN(C)c1cc(N(C)CCCC(=O)O)ncn1. The molecule has 0 bridgehead atoms. The molecular formula is C13H22N4O2. The van der Waals surface area contributed by atoms with Crippen LogP contribution in [0.15, 0.2) is 12.4 Å². The predicted molar refractivity (Wildman–Crippen MR) is 75.7 cm³/mol. The molecule has 1 rings (SSSR count). The summed E-state index contributed by atoms with van der Waals surface area (Å²) in [6.07, 6.45) is 3.39. The molecule has 1 N–H and O–H groups in total. The highest BCUT2D eigenvalue weighted by atomic mass is 16.4. The first kappa shape index (κ1) is 15.2. The van der Waals surface area contributed by atoms with Crippen LogP contribution in [0.5, 0.6) is 0 Å². The van der Waals surface area contributed by atoms with E-state index in [-0.39, 0.29) is 6.42 Å². The van der Waals surface area contributed by atoms with Crippen molar-refractivity contribution in [3.8, 4) is 0 Å². The van der Waals surface area contributed by atoms with Gasteiger partial charge in [-0.15, -0.1) is 0 Å². The number of rotatable bonds is 8. The van der Waals surface area contributed by atoms with Gasteiger partial charge in [0.2, 0.25) is 0 Å². The maximum atomic E-state index is 10.5. The summed E-state index contributed by atoms with van der Waals surface area (Å²) in [4.78, 5) is 23.0. The van der Waals surface area contributed by atoms with Gasteiger partial charge in [0.25, 0.3) is 0 Å². The lowest BCUT2D eigenvalue weighted by Crippen LogP contribution is -2.23. The second-order valence-corrected chi connectivity index (χ2v) is 4.57. The second kappa shape index (κ2) is 7.56. The van der Waals surface area contributed by atoms with E-state index in [1.165, 1.54) is 0 Å². The first-order chi connectivity index (χ1) is 9.04. The van der Waals surface area contributed by atoms with Gasteiger partial charge in [-0.3, -0.25) is 4.79 Å². The summed E-state index contributed by atoms with van der Waals surface area (Å²) >= 11 is 0. The minimum Gasteiger partial charge on any atom is -0.481 e. The van der Waals surface area contributed by atoms with Gasteiger partial charge in [-0.2, -0.15) is 0 Å². The molecule has 0 fully saturated rings. The van der Waals surface area contributed by atoms with E-state index in [2.05, 4.69) is 21.8 Å². The van der Waals surface area contributed by atoms with Gasteiger partial charge in [-0.1, -0.05) is 6.92 Å². The van der Waals surface area contributed by atoms with Crippen LogP contribution in [0.1, 0.15) is 26.2 Å². The van der Waals surface area contributed by atoms with Crippen molar-refractivity contribution in [1.29, 1.82) is 0 Å². The van der Waals surface area contributed by atoms with Gasteiger partial charge >= 0.3 is 5.97 Å². The normalized spacial score (nSPS) is 10.3. The molecule has 0 atom stereocenters. The standard InChI is InChI=1S/C13H22N4O2/c1-4-7-16(2)11-9-12(15-10-14-11)17(3)8-5-6-13(18)19/h9-10H,4-8H2,1-3H3,(H,18,19). The van der Waals surface area contributed by atoms with Crippen LogP contribution in [-0.4, -0.2) is 48.2 Å². The molecular weight excluding hydrogens is 244 g/mol. The molecule has 6 heteroatoms. The van der Waals surface area contributed by atoms with Gasteiger partial charge in [-0.25, -0.2) is 9.97 Å². The van der Waals surface area contributed by atoms with Gasteiger partial charge in [0.05, 0.1) is 0 Å². The molecule has 0 aliphatic heterocycles. The van der Waals surface area contributed by atoms with Crippen molar-refractivity contribution in [3.05, 3.63) is 12.4 Å². The number of hydrogen-bond donors (Lipinski definition) is 1. The Morgan fingerprint density at radius 1 is 1.21 bits per heavy atom. The maximum absolute atomic E-state index is 10.5. The fourth-order valence-corrected chi connectivity index (χ4v) is 1.79. The summed E-state index contributed by atoms with van der Waals surface area (Å²) in [6, 6.07) is 1.93. The number of carboxylic acids is 1. The van der Waals surface area contributed by atoms with Crippen molar-refractivity contribution in [2.75, 3.05) is 37.0 Å². The van der Waals surface area contributed by atoms with E-state index in [4.69, 9.17) is 5.11 Å². The molecule has 19 heavy (non-hydrogen) atoms. The number of hydrogen-bond acceptors (Lipinski definition) is 5. The van der Waals surface area contributed by atoms with Crippen LogP contribution >= 0.6 is 0 Å². The van der Waals surface area contributed by atoms with Crippen molar-refractivity contribution in [1.82, 2.24) is 9.97 Å². The van der Waals surface area contributed by atoms with Crippen LogP contribution in [0.2, 0.25) is 0 Å². The number of carbonyl (C=O) groups is 1. The summed E-state index contributed by atoms with van der Waals surface area (Å²) in [5.41, 5.74) is 0. The summed E-state index contributed by atoms with van der Waals surface area (Å²) in [6.45, 7) is 3.73. The molecule has 0 saturated heterocycles. The third kappa shape index (κ3) is 5.11. The van der Waals surface area contributed by atoms with E-state index in [0.29, 0.717) is 13.0 Å². The largest absolute Gasteiger partial charge is 0.481 e. The third-order valence-corrected chi connectivity index (χ3v) is 2.86. The summed E-state index contributed by atoms with van der Waals surface area (Å²) in [5, 5.41) is 8.62. The smallest absolute Gasteiger partial charge is 0.303 e. The predicted octanol–water partition coefficient (Wildman–Crippen LogP) is 1.62. The lowest BCUT2D eigenvalue weighted by molar-refractivity contribution is -0.137. The summed E-state index contributed by atoms with van der Waals surface area (Å²) in [5.74, 6) is 0.940. The molecule has 0 aliphatic carbocycles. The minimum atomic E-state index is -0.764. The lowest BCUT2D eigenvalue weighted by Gasteiger charge is -2.21. The van der Waals surface area contributed by atoms with Crippen molar-refractivity contribution >= 4 is 17.6 Å². The summed E-state index contributed by atoms with van der Waals surface area (Å²) < 4.78 is 0. The highest BCUT2D eigenvalue weighted by Gasteiger charge is 2.07. The summed E-state index contributed by atoms with van der Waals surface area (Å²) in [7, 11) is 3.91. The molecule has 0 spiro atoms. The zero-order chi connectivity index (χ0) is 14.3. The Kier molecular flexibility index (Phi) is 6.05. The number of nitrogens with zero attached hydrogens (tertiary/aromatic N) is 4. The molecule has 0 saturated carbocycles. The van der Waals surface area contributed by atoms with Crippen LogP contribution in [0.3, 0.4) is 0 Å². The molecule has 0 radical (unpaired) electrons. The van der Waals surface area contributed by atoms with Crippen molar-refractivity contribution < 1.29 is 9.90 Å². The van der Waals surface area contributed by atoms with Gasteiger partial charge in [0.15, 0.2) is 0 Å². The maximum Gasteiger partial charge on any atom is 0.303 e. The number of aliphatic carboxylic acids is 1. The number of aromatic nitrogens is 2. The molecule has 106 valence electrons. The average molecular weight is 266 g/mol. The van der Waals surface area contributed by atoms with Gasteiger partial charge in [0.1, 0.15) is 18.0 Å². The Morgan fingerprint density at radius 2 is 1.79 bits per heavy atom. The van der Waals surface area contributed by atoms with Gasteiger partial charge in [-0.05, 0) is 12.8 Å². The molecule has 0 amide bonds.